The molecule has 35 heavy (non-hydrogen) atoms. The summed E-state index contributed by atoms with van der Waals surface area (Å²) >= 11 is 5.90. The van der Waals surface area contributed by atoms with Gasteiger partial charge in [0, 0.05) is 11.4 Å². The van der Waals surface area contributed by atoms with Gasteiger partial charge in [0.2, 0.25) is 5.91 Å². The van der Waals surface area contributed by atoms with E-state index in [2.05, 4.69) is 22.8 Å². The molecule has 0 aliphatic carbocycles. The van der Waals surface area contributed by atoms with Crippen molar-refractivity contribution >= 4 is 29.6 Å². The number of unbranched alkanes of at least 4 members (excludes halogenated alkanes) is 8. The maximum Gasteiger partial charge on any atom is 0.259 e. The molecule has 2 N–H and O–H groups in total. The Morgan fingerprint density at radius 2 is 1.60 bits per heavy atom. The van der Waals surface area contributed by atoms with Gasteiger partial charge in [-0.1, -0.05) is 94.2 Å². The summed E-state index contributed by atoms with van der Waals surface area (Å²) in [7, 11) is 0. The average Bonchev–Trinajstić information content (AvgIpc) is 2.86. The molecule has 0 saturated heterocycles. The molecule has 0 aromatic heterocycles. The third-order valence-corrected chi connectivity index (χ3v) is 5.79. The van der Waals surface area contributed by atoms with Gasteiger partial charge in [0.1, 0.15) is 12.4 Å². The molecule has 2 aromatic rings. The fourth-order valence-corrected chi connectivity index (χ4v) is 3.64. The van der Waals surface area contributed by atoms with Crippen LogP contribution in [0.25, 0.3) is 0 Å². The maximum absolute atomic E-state index is 11.9. The van der Waals surface area contributed by atoms with Gasteiger partial charge in [-0.2, -0.15) is 5.10 Å². The van der Waals surface area contributed by atoms with Crippen molar-refractivity contribution in [3.05, 3.63) is 64.7 Å². The molecule has 6 nitrogen and oxygen atoms in total. The van der Waals surface area contributed by atoms with Gasteiger partial charge in [0.05, 0.1) is 12.8 Å². The quantitative estimate of drug-likeness (QED) is 0.150. The molecule has 0 radical (unpaired) electrons. The van der Waals surface area contributed by atoms with E-state index in [1.165, 1.54) is 51.2 Å². The molecule has 190 valence electrons. The molecule has 0 heterocycles. The summed E-state index contributed by atoms with van der Waals surface area (Å²) in [6.45, 7) is 2.56. The number of hydrazone groups is 1. The molecule has 0 aliphatic rings. The lowest BCUT2D eigenvalue weighted by atomic mass is 10.1. The predicted molar refractivity (Wildman–Crippen MR) is 143 cm³/mol. The third kappa shape index (κ3) is 13.6. The van der Waals surface area contributed by atoms with Crippen molar-refractivity contribution in [3.63, 3.8) is 0 Å². The number of nitrogens with zero attached hydrogens (tertiary/aromatic N) is 1. The molecule has 0 bridgehead atoms. The normalized spacial score (nSPS) is 10.9. The summed E-state index contributed by atoms with van der Waals surface area (Å²) < 4.78 is 5.80. The zero-order chi connectivity index (χ0) is 25.1. The van der Waals surface area contributed by atoms with Crippen LogP contribution in [-0.2, 0) is 16.2 Å². The molecular weight excluding hydrogens is 462 g/mol. The van der Waals surface area contributed by atoms with Crippen LogP contribution in [0, 0.1) is 0 Å². The lowest BCUT2D eigenvalue weighted by Gasteiger charge is -2.07. The maximum atomic E-state index is 11.9. The standard InChI is InChI=1S/C28H38ClN3O3/c1-2-3-4-5-6-7-8-9-10-14-27(33)30-21-28(34)32-31-20-24-12-11-13-26(19-24)35-22-23-15-17-25(29)18-16-23/h11-13,15-20H,2-10,14,21-22H2,1H3,(H,30,33)(H,32,34)/b31-20+. The van der Waals surface area contributed by atoms with Crippen molar-refractivity contribution in [1.29, 1.82) is 0 Å². The highest BCUT2D eigenvalue weighted by Crippen LogP contribution is 2.16. The minimum Gasteiger partial charge on any atom is -0.489 e. The number of carbonyl (C=O) groups is 2. The summed E-state index contributed by atoms with van der Waals surface area (Å²) in [5.74, 6) is 0.230. The van der Waals surface area contributed by atoms with Gasteiger partial charge in [0.15, 0.2) is 0 Å². The summed E-state index contributed by atoms with van der Waals surface area (Å²) in [4.78, 5) is 23.9. The Bertz CT molecular complexity index is 916. The number of ether oxygens (including phenoxy) is 1. The van der Waals surface area contributed by atoms with Crippen molar-refractivity contribution in [2.45, 2.75) is 77.7 Å². The van der Waals surface area contributed by atoms with Crippen molar-refractivity contribution in [3.8, 4) is 5.75 Å². The second-order valence-corrected chi connectivity index (χ2v) is 9.07. The number of carbonyl (C=O) groups excluding carboxylic acids is 2. The number of hydrogen-bond acceptors (Lipinski definition) is 4. The van der Waals surface area contributed by atoms with Crippen LogP contribution in [-0.4, -0.2) is 24.6 Å². The van der Waals surface area contributed by atoms with Gasteiger partial charge in [-0.3, -0.25) is 9.59 Å². The Labute approximate surface area is 214 Å². The van der Waals surface area contributed by atoms with E-state index in [0.29, 0.717) is 23.8 Å². The topological polar surface area (TPSA) is 79.8 Å². The van der Waals surface area contributed by atoms with Gasteiger partial charge in [-0.15, -0.1) is 0 Å². The summed E-state index contributed by atoms with van der Waals surface area (Å²) in [5.41, 5.74) is 4.24. The molecule has 0 spiro atoms. The Morgan fingerprint density at radius 3 is 2.31 bits per heavy atom. The van der Waals surface area contributed by atoms with Gasteiger partial charge >= 0.3 is 0 Å². The second kappa shape index (κ2) is 17.6. The smallest absolute Gasteiger partial charge is 0.259 e. The first-order chi connectivity index (χ1) is 17.1. The van der Waals surface area contributed by atoms with Crippen LogP contribution in [0.15, 0.2) is 53.6 Å². The zero-order valence-corrected chi connectivity index (χ0v) is 21.5. The summed E-state index contributed by atoms with van der Waals surface area (Å²) in [6.07, 6.45) is 12.8. The van der Waals surface area contributed by atoms with Crippen LogP contribution < -0.4 is 15.5 Å². The lowest BCUT2D eigenvalue weighted by Crippen LogP contribution is -2.34. The molecule has 0 atom stereocenters. The molecule has 2 rings (SSSR count). The number of hydrogen-bond donors (Lipinski definition) is 2. The van der Waals surface area contributed by atoms with E-state index < -0.39 is 0 Å². The molecule has 7 heteroatoms. The van der Waals surface area contributed by atoms with Crippen LogP contribution in [0.1, 0.15) is 82.3 Å². The van der Waals surface area contributed by atoms with E-state index in [0.717, 1.165) is 24.0 Å². The molecule has 0 aliphatic heterocycles. The van der Waals surface area contributed by atoms with Crippen molar-refractivity contribution in [2.24, 2.45) is 5.10 Å². The SMILES string of the molecule is CCCCCCCCCCCC(=O)NCC(=O)N/N=C/c1cccc(OCc2ccc(Cl)cc2)c1. The molecule has 2 amide bonds. The largest absolute Gasteiger partial charge is 0.489 e. The van der Waals surface area contributed by atoms with Crippen LogP contribution in [0.4, 0.5) is 0 Å². The zero-order valence-electron chi connectivity index (χ0n) is 20.7. The molecule has 0 saturated carbocycles. The van der Waals surface area contributed by atoms with Crippen LogP contribution >= 0.6 is 11.6 Å². The summed E-state index contributed by atoms with van der Waals surface area (Å²) in [6, 6.07) is 14.9. The number of halogens is 1. The van der Waals surface area contributed by atoms with E-state index in [-0.39, 0.29) is 18.4 Å². The van der Waals surface area contributed by atoms with Crippen LogP contribution in [0.2, 0.25) is 5.02 Å². The molecule has 0 unspecified atom stereocenters. The fourth-order valence-electron chi connectivity index (χ4n) is 3.51. The lowest BCUT2D eigenvalue weighted by molar-refractivity contribution is -0.126. The van der Waals surface area contributed by atoms with Gasteiger partial charge in [-0.05, 0) is 41.8 Å². The first-order valence-corrected chi connectivity index (χ1v) is 13.0. The van der Waals surface area contributed by atoms with E-state index in [4.69, 9.17) is 16.3 Å². The third-order valence-electron chi connectivity index (χ3n) is 5.53. The van der Waals surface area contributed by atoms with Crippen molar-refractivity contribution < 1.29 is 14.3 Å². The molecular formula is C28H38ClN3O3. The predicted octanol–water partition coefficient (Wildman–Crippen LogP) is 6.41. The first kappa shape index (κ1) is 28.4. The monoisotopic (exact) mass is 499 g/mol. The van der Waals surface area contributed by atoms with E-state index >= 15 is 0 Å². The average molecular weight is 500 g/mol. The fraction of sp³-hybridized carbons (Fsp3) is 0.464. The van der Waals surface area contributed by atoms with Crippen molar-refractivity contribution in [1.82, 2.24) is 10.7 Å². The van der Waals surface area contributed by atoms with E-state index in [1.807, 2.05) is 48.5 Å². The number of amides is 2. The first-order valence-electron chi connectivity index (χ1n) is 12.6. The summed E-state index contributed by atoms with van der Waals surface area (Å²) in [5, 5.41) is 7.30. The minimum absolute atomic E-state index is 0.0855. The van der Waals surface area contributed by atoms with Gasteiger partial charge < -0.3 is 10.1 Å². The molecule has 2 aromatic carbocycles. The Kier molecular flexibility index (Phi) is 14.2. The second-order valence-electron chi connectivity index (χ2n) is 8.64. The van der Waals surface area contributed by atoms with Gasteiger partial charge in [0.25, 0.3) is 5.91 Å². The van der Waals surface area contributed by atoms with Crippen molar-refractivity contribution in [2.75, 3.05) is 6.54 Å². The highest BCUT2D eigenvalue weighted by atomic mass is 35.5. The molecule has 0 fully saturated rings. The Hall–Kier alpha value is -2.86. The highest BCUT2D eigenvalue weighted by molar-refractivity contribution is 6.30. The number of rotatable bonds is 17. The number of benzene rings is 2. The van der Waals surface area contributed by atoms with E-state index in [1.54, 1.807) is 0 Å². The van der Waals surface area contributed by atoms with E-state index in [9.17, 15) is 9.59 Å². The van der Waals surface area contributed by atoms with Crippen LogP contribution in [0.5, 0.6) is 5.75 Å². The Balaban J connectivity index is 1.57. The van der Waals surface area contributed by atoms with Crippen LogP contribution in [0.3, 0.4) is 0 Å². The Morgan fingerprint density at radius 1 is 0.914 bits per heavy atom. The minimum atomic E-state index is -0.364. The highest BCUT2D eigenvalue weighted by Gasteiger charge is 2.05. The number of nitrogens with one attached hydrogen (secondary N) is 2. The van der Waals surface area contributed by atoms with Gasteiger partial charge in [-0.25, -0.2) is 5.43 Å².